The van der Waals surface area contributed by atoms with Crippen LogP contribution in [0.15, 0.2) is 66.1 Å². The zero-order valence-corrected chi connectivity index (χ0v) is 19.3. The predicted octanol–water partition coefficient (Wildman–Crippen LogP) is 1.96. The van der Waals surface area contributed by atoms with Crippen molar-refractivity contribution in [3.05, 3.63) is 82.8 Å². The number of carbonyl (C=O) groups excluding carboxylic acids is 1. The average molecular weight is 460 g/mol. The number of hydrogen-bond acceptors (Lipinski definition) is 7. The molecule has 0 aliphatic rings. The van der Waals surface area contributed by atoms with E-state index >= 15 is 0 Å². The van der Waals surface area contributed by atoms with Crippen LogP contribution in [0.2, 0.25) is 0 Å². The van der Waals surface area contributed by atoms with Crippen LogP contribution in [0.5, 0.6) is 5.75 Å². The van der Waals surface area contributed by atoms with E-state index in [0.29, 0.717) is 36.0 Å². The number of ether oxygens (including phenoxy) is 1. The zero-order chi connectivity index (χ0) is 24.1. The summed E-state index contributed by atoms with van der Waals surface area (Å²) in [5, 5.41) is 8.73. The molecule has 0 atom stereocenters. The molecule has 0 N–H and O–H groups in total. The Morgan fingerprint density at radius 1 is 1.12 bits per heavy atom. The van der Waals surface area contributed by atoms with Crippen LogP contribution in [-0.4, -0.2) is 61.0 Å². The van der Waals surface area contributed by atoms with Crippen LogP contribution in [0.25, 0.3) is 17.1 Å². The third-order valence-electron chi connectivity index (χ3n) is 5.06. The fourth-order valence-corrected chi connectivity index (χ4v) is 3.27. The van der Waals surface area contributed by atoms with Crippen LogP contribution in [-0.2, 0) is 17.8 Å². The molecule has 0 bridgehead atoms. The molecule has 174 valence electrons. The second-order valence-corrected chi connectivity index (χ2v) is 7.81. The Morgan fingerprint density at radius 3 is 2.65 bits per heavy atom. The molecule has 0 aliphatic heterocycles. The van der Waals surface area contributed by atoms with Crippen LogP contribution in [0.4, 0.5) is 0 Å². The highest BCUT2D eigenvalue weighted by atomic mass is 16.5. The highest BCUT2D eigenvalue weighted by Crippen LogP contribution is 2.19. The first-order chi connectivity index (χ1) is 16.4. The van der Waals surface area contributed by atoms with E-state index in [0.717, 1.165) is 11.1 Å². The maximum absolute atomic E-state index is 12.5. The van der Waals surface area contributed by atoms with Gasteiger partial charge in [-0.1, -0.05) is 18.2 Å². The van der Waals surface area contributed by atoms with Gasteiger partial charge < -0.3 is 9.64 Å². The zero-order valence-electron chi connectivity index (χ0n) is 19.3. The number of likely N-dealkylation sites (N-methyl/N-ethyl adjacent to an activating group) is 1. The minimum Gasteiger partial charge on any atom is -0.491 e. The summed E-state index contributed by atoms with van der Waals surface area (Å²) in [6.45, 7) is 2.58. The van der Waals surface area contributed by atoms with E-state index in [-0.39, 0.29) is 17.9 Å². The van der Waals surface area contributed by atoms with Crippen LogP contribution in [0, 0.1) is 0 Å². The minimum absolute atomic E-state index is 0.0698. The molecule has 4 aromatic rings. The van der Waals surface area contributed by atoms with E-state index in [1.54, 1.807) is 49.8 Å². The lowest BCUT2D eigenvalue weighted by molar-refractivity contribution is -0.129. The lowest BCUT2D eigenvalue weighted by Gasteiger charge is -2.09. The highest BCUT2D eigenvalue weighted by molar-refractivity contribution is 5.75. The number of benzene rings is 1. The van der Waals surface area contributed by atoms with Gasteiger partial charge in [-0.25, -0.2) is 14.6 Å². The maximum Gasteiger partial charge on any atom is 0.243 e. The van der Waals surface area contributed by atoms with Crippen molar-refractivity contribution in [2.24, 2.45) is 0 Å². The largest absolute Gasteiger partial charge is 0.491 e. The average Bonchev–Trinajstić information content (AvgIpc) is 3.30. The molecule has 0 saturated carbocycles. The summed E-state index contributed by atoms with van der Waals surface area (Å²) in [7, 11) is 3.39. The smallest absolute Gasteiger partial charge is 0.243 e. The van der Waals surface area contributed by atoms with Crippen molar-refractivity contribution in [2.75, 3.05) is 20.7 Å². The van der Waals surface area contributed by atoms with Gasteiger partial charge in [-0.15, -0.1) is 0 Å². The number of hydrogen-bond donors (Lipinski definition) is 0. The molecule has 0 spiro atoms. The van der Waals surface area contributed by atoms with Gasteiger partial charge in [-0.05, 0) is 18.6 Å². The maximum atomic E-state index is 12.5. The van der Waals surface area contributed by atoms with Crippen LogP contribution >= 0.6 is 0 Å². The summed E-state index contributed by atoms with van der Waals surface area (Å²) >= 11 is 0. The molecule has 34 heavy (non-hydrogen) atoms. The fourth-order valence-electron chi connectivity index (χ4n) is 3.27. The second kappa shape index (κ2) is 10.1. The van der Waals surface area contributed by atoms with Gasteiger partial charge in [0.25, 0.3) is 0 Å². The van der Waals surface area contributed by atoms with Crippen molar-refractivity contribution in [1.29, 1.82) is 0 Å². The van der Waals surface area contributed by atoms with E-state index in [4.69, 9.17) is 4.74 Å². The Labute approximate surface area is 196 Å². The van der Waals surface area contributed by atoms with Gasteiger partial charge in [-0.3, -0.25) is 14.3 Å². The molecule has 0 saturated heterocycles. The third-order valence-corrected chi connectivity index (χ3v) is 5.06. The molecule has 10 heteroatoms. The number of amides is 1. The van der Waals surface area contributed by atoms with Crippen molar-refractivity contribution >= 4 is 5.91 Å². The van der Waals surface area contributed by atoms with E-state index in [1.165, 1.54) is 15.6 Å². The molecule has 0 unspecified atom stereocenters. The lowest BCUT2D eigenvalue weighted by atomic mass is 10.1. The fraction of sp³-hybridized carbons (Fsp3) is 0.250. The van der Waals surface area contributed by atoms with Crippen LogP contribution in [0.1, 0.15) is 18.2 Å². The van der Waals surface area contributed by atoms with Gasteiger partial charge in [0.1, 0.15) is 17.9 Å². The Kier molecular flexibility index (Phi) is 6.77. The van der Waals surface area contributed by atoms with Gasteiger partial charge in [0.05, 0.1) is 31.4 Å². The van der Waals surface area contributed by atoms with Crippen molar-refractivity contribution in [1.82, 2.24) is 34.4 Å². The SMILES string of the molecule is CCOc1cnc(-c2cccc(Cc3nn(-c4cnn(CC(=O)N(C)C)c4)ccc3=O)c2)nc1. The highest BCUT2D eigenvalue weighted by Gasteiger charge is 2.11. The lowest BCUT2D eigenvalue weighted by Crippen LogP contribution is -2.26. The van der Waals surface area contributed by atoms with Crippen molar-refractivity contribution < 1.29 is 9.53 Å². The number of carbonyl (C=O) groups is 1. The third kappa shape index (κ3) is 5.34. The van der Waals surface area contributed by atoms with Crippen LogP contribution < -0.4 is 10.2 Å². The molecular formula is C24H25N7O3. The summed E-state index contributed by atoms with van der Waals surface area (Å²) in [6, 6.07) is 9.17. The predicted molar refractivity (Wildman–Crippen MR) is 126 cm³/mol. The van der Waals surface area contributed by atoms with Crippen molar-refractivity contribution in [2.45, 2.75) is 19.9 Å². The summed E-state index contributed by atoms with van der Waals surface area (Å²) in [6.07, 6.45) is 8.54. The van der Waals surface area contributed by atoms with E-state index in [1.807, 2.05) is 31.2 Å². The monoisotopic (exact) mass is 459 g/mol. The summed E-state index contributed by atoms with van der Waals surface area (Å²) in [5.74, 6) is 1.12. The van der Waals surface area contributed by atoms with Gasteiger partial charge in [-0.2, -0.15) is 10.2 Å². The first-order valence-electron chi connectivity index (χ1n) is 10.8. The van der Waals surface area contributed by atoms with E-state index < -0.39 is 0 Å². The normalized spacial score (nSPS) is 10.8. The van der Waals surface area contributed by atoms with E-state index in [2.05, 4.69) is 20.2 Å². The molecule has 3 aromatic heterocycles. The Hall–Kier alpha value is -4.34. The van der Waals surface area contributed by atoms with Crippen molar-refractivity contribution in [3.8, 4) is 22.8 Å². The first-order valence-corrected chi connectivity index (χ1v) is 10.8. The molecule has 3 heterocycles. The quantitative estimate of drug-likeness (QED) is 0.396. The summed E-state index contributed by atoms with van der Waals surface area (Å²) < 4.78 is 8.52. The first kappa shape index (κ1) is 22.8. The Balaban J connectivity index is 1.54. The van der Waals surface area contributed by atoms with Crippen LogP contribution in [0.3, 0.4) is 0 Å². The van der Waals surface area contributed by atoms with Gasteiger partial charge in [0.2, 0.25) is 11.3 Å². The summed E-state index contributed by atoms with van der Waals surface area (Å²) in [4.78, 5) is 34.7. The summed E-state index contributed by atoms with van der Waals surface area (Å²) in [5.41, 5.74) is 2.64. The van der Waals surface area contributed by atoms with Gasteiger partial charge in [0.15, 0.2) is 11.6 Å². The molecule has 0 fully saturated rings. The molecule has 1 amide bonds. The standard InChI is InChI=1S/C24H25N7O3/c1-4-34-20-13-25-24(26-14-20)18-7-5-6-17(10-18)11-21-22(32)8-9-31(28-21)19-12-27-30(15-19)16-23(33)29(2)3/h5-10,12-15H,4,11,16H2,1-3H3. The number of rotatable bonds is 8. The Bertz CT molecular complexity index is 1340. The molecule has 1 aromatic carbocycles. The molecule has 10 nitrogen and oxygen atoms in total. The van der Waals surface area contributed by atoms with Gasteiger partial charge >= 0.3 is 0 Å². The molecule has 0 aliphatic carbocycles. The molecule has 4 rings (SSSR count). The molecular weight excluding hydrogens is 434 g/mol. The Morgan fingerprint density at radius 2 is 1.91 bits per heavy atom. The van der Waals surface area contributed by atoms with E-state index in [9.17, 15) is 9.59 Å². The second-order valence-electron chi connectivity index (χ2n) is 7.81. The topological polar surface area (TPSA) is 108 Å². The number of aromatic nitrogens is 6. The molecule has 0 radical (unpaired) electrons. The number of nitrogens with zero attached hydrogens (tertiary/aromatic N) is 7. The minimum atomic E-state index is -0.158. The van der Waals surface area contributed by atoms with Crippen molar-refractivity contribution in [3.63, 3.8) is 0 Å². The van der Waals surface area contributed by atoms with Gasteiger partial charge in [0, 0.05) is 38.3 Å².